The van der Waals surface area contributed by atoms with Crippen molar-refractivity contribution in [2.45, 2.75) is 19.4 Å². The van der Waals surface area contributed by atoms with Gasteiger partial charge in [0.05, 0.1) is 18.3 Å². The van der Waals surface area contributed by atoms with Crippen LogP contribution in [0.4, 0.5) is 10.2 Å². The molecule has 0 unspecified atom stereocenters. The third-order valence-electron chi connectivity index (χ3n) is 5.28. The Kier molecular flexibility index (Phi) is 4.71. The zero-order valence-electron chi connectivity index (χ0n) is 16.7. The molecule has 0 bridgehead atoms. The summed E-state index contributed by atoms with van der Waals surface area (Å²) < 4.78 is 20.8. The quantitative estimate of drug-likeness (QED) is 0.498. The van der Waals surface area contributed by atoms with Crippen LogP contribution in [0.5, 0.6) is 0 Å². The summed E-state index contributed by atoms with van der Waals surface area (Å²) in [4.78, 5) is 21.0. The fourth-order valence-electron chi connectivity index (χ4n) is 3.29. The Morgan fingerprint density at radius 1 is 1.25 bits per heavy atom. The van der Waals surface area contributed by atoms with Gasteiger partial charge in [-0.3, -0.25) is 9.48 Å². The number of rotatable bonds is 6. The fraction of sp³-hybridized carbons (Fsp3) is 0.182. The lowest BCUT2D eigenvalue weighted by Crippen LogP contribution is -2.23. The molecule has 10 heteroatoms. The van der Waals surface area contributed by atoms with E-state index in [4.69, 9.17) is 4.52 Å². The average Bonchev–Trinajstić information content (AvgIpc) is 3.21. The average molecular weight is 429 g/mol. The number of carbonyl (C=O) groups is 1. The molecule has 0 atom stereocenters. The van der Waals surface area contributed by atoms with Crippen molar-refractivity contribution in [2.24, 2.45) is 5.41 Å². The first-order chi connectivity index (χ1) is 15.6. The third kappa shape index (κ3) is 3.60. The highest BCUT2D eigenvalue weighted by atomic mass is 19.1. The number of hydrogen-bond donors (Lipinski definition) is 1. The largest absolute Gasteiger partial charge is 0.364 e. The predicted octanol–water partition coefficient (Wildman–Crippen LogP) is 3.42. The molecule has 0 radical (unpaired) electrons. The maximum atomic E-state index is 14.2. The lowest BCUT2D eigenvalue weighted by atomic mass is 10.1. The zero-order chi connectivity index (χ0) is 22.1. The van der Waals surface area contributed by atoms with Crippen LogP contribution in [-0.2, 0) is 11.3 Å². The van der Waals surface area contributed by atoms with Gasteiger partial charge in [-0.05, 0) is 31.0 Å². The van der Waals surface area contributed by atoms with E-state index in [0.29, 0.717) is 35.5 Å². The van der Waals surface area contributed by atoms with E-state index in [-0.39, 0.29) is 29.9 Å². The molecule has 158 valence electrons. The first-order valence-corrected chi connectivity index (χ1v) is 9.86. The van der Waals surface area contributed by atoms with E-state index in [1.54, 1.807) is 41.1 Å². The monoisotopic (exact) mass is 429 g/mol. The lowest BCUT2D eigenvalue weighted by molar-refractivity contribution is -0.119. The predicted molar refractivity (Wildman–Crippen MR) is 110 cm³/mol. The SMILES string of the molecule is N#CC1(C(=O)Nc2ccnc(-c3cc(-c4ccon4)n(Cc4ccccc4F)n3)n2)CC1. The normalized spacial score (nSPS) is 14.0. The van der Waals surface area contributed by atoms with Gasteiger partial charge in [-0.1, -0.05) is 23.4 Å². The standard InChI is InChI=1S/C22H16FN7O2/c23-15-4-2-1-3-14(15)12-30-18(16-6-10-32-29-16)11-17(28-30)20-25-9-5-19(26-20)27-21(31)22(13-24)7-8-22/h1-6,9-11H,7-8,12H2,(H,25,26,27,31). The van der Waals surface area contributed by atoms with Crippen molar-refractivity contribution >= 4 is 11.7 Å². The van der Waals surface area contributed by atoms with Crippen LogP contribution in [0.25, 0.3) is 22.9 Å². The van der Waals surface area contributed by atoms with Gasteiger partial charge in [0, 0.05) is 17.8 Å². The Bertz CT molecular complexity index is 1340. The first-order valence-electron chi connectivity index (χ1n) is 9.86. The molecule has 0 spiro atoms. The molecule has 3 aromatic heterocycles. The number of hydrogen-bond acceptors (Lipinski definition) is 7. The van der Waals surface area contributed by atoms with E-state index in [2.05, 4.69) is 31.6 Å². The Morgan fingerprint density at radius 3 is 2.81 bits per heavy atom. The van der Waals surface area contributed by atoms with Crippen LogP contribution in [0.1, 0.15) is 18.4 Å². The zero-order valence-corrected chi connectivity index (χ0v) is 16.7. The molecule has 0 aliphatic heterocycles. The summed E-state index contributed by atoms with van der Waals surface area (Å²) in [7, 11) is 0. The number of aromatic nitrogens is 5. The van der Waals surface area contributed by atoms with E-state index in [9.17, 15) is 14.4 Å². The van der Waals surface area contributed by atoms with Crippen molar-refractivity contribution in [3.63, 3.8) is 0 Å². The van der Waals surface area contributed by atoms with Crippen LogP contribution in [0.3, 0.4) is 0 Å². The number of benzene rings is 1. The van der Waals surface area contributed by atoms with Crippen LogP contribution in [0.2, 0.25) is 0 Å². The smallest absolute Gasteiger partial charge is 0.246 e. The second-order valence-corrected chi connectivity index (χ2v) is 7.46. The molecular weight excluding hydrogens is 413 g/mol. The van der Waals surface area contributed by atoms with Crippen LogP contribution >= 0.6 is 0 Å². The number of nitriles is 1. The van der Waals surface area contributed by atoms with Crippen molar-refractivity contribution < 1.29 is 13.7 Å². The molecule has 1 fully saturated rings. The maximum absolute atomic E-state index is 14.2. The minimum Gasteiger partial charge on any atom is -0.364 e. The van der Waals surface area contributed by atoms with Crippen LogP contribution < -0.4 is 5.32 Å². The van der Waals surface area contributed by atoms with E-state index < -0.39 is 5.41 Å². The fourth-order valence-corrected chi connectivity index (χ4v) is 3.29. The summed E-state index contributed by atoms with van der Waals surface area (Å²) in [5.74, 6) is -0.184. The summed E-state index contributed by atoms with van der Waals surface area (Å²) in [6.07, 6.45) is 4.00. The minimum atomic E-state index is -0.966. The summed E-state index contributed by atoms with van der Waals surface area (Å²) >= 11 is 0. The van der Waals surface area contributed by atoms with Gasteiger partial charge in [0.25, 0.3) is 0 Å². The first kappa shape index (κ1) is 19.6. The topological polar surface area (TPSA) is 123 Å². The maximum Gasteiger partial charge on any atom is 0.246 e. The van der Waals surface area contributed by atoms with Crippen molar-refractivity contribution in [1.29, 1.82) is 5.26 Å². The third-order valence-corrected chi connectivity index (χ3v) is 5.28. The van der Waals surface area contributed by atoms with Crippen LogP contribution in [-0.4, -0.2) is 30.8 Å². The molecule has 1 aliphatic rings. The minimum absolute atomic E-state index is 0.163. The molecule has 3 heterocycles. The molecule has 9 nitrogen and oxygen atoms in total. The van der Waals surface area contributed by atoms with Crippen molar-refractivity contribution in [3.8, 4) is 29.0 Å². The van der Waals surface area contributed by atoms with E-state index in [0.717, 1.165) is 0 Å². The van der Waals surface area contributed by atoms with Gasteiger partial charge in [0.2, 0.25) is 5.91 Å². The van der Waals surface area contributed by atoms with E-state index >= 15 is 0 Å². The van der Waals surface area contributed by atoms with Gasteiger partial charge in [0.15, 0.2) is 5.82 Å². The number of amides is 1. The molecule has 0 saturated heterocycles. The molecule has 5 rings (SSSR count). The Morgan fingerprint density at radius 2 is 2.09 bits per heavy atom. The summed E-state index contributed by atoms with van der Waals surface area (Å²) in [5.41, 5.74) is 1.02. The summed E-state index contributed by atoms with van der Waals surface area (Å²) in [5, 5.41) is 20.4. The summed E-state index contributed by atoms with van der Waals surface area (Å²) in [6, 6.07) is 13.4. The Labute approximate surface area is 181 Å². The van der Waals surface area contributed by atoms with Gasteiger partial charge in [-0.2, -0.15) is 10.4 Å². The summed E-state index contributed by atoms with van der Waals surface area (Å²) in [6.45, 7) is 0.163. The molecular formula is C22H16FN7O2. The van der Waals surface area contributed by atoms with Gasteiger partial charge >= 0.3 is 0 Å². The second-order valence-electron chi connectivity index (χ2n) is 7.46. The highest BCUT2D eigenvalue weighted by molar-refractivity contribution is 5.98. The second kappa shape index (κ2) is 7.70. The van der Waals surface area contributed by atoms with Crippen molar-refractivity contribution in [1.82, 2.24) is 24.9 Å². The molecule has 32 heavy (non-hydrogen) atoms. The van der Waals surface area contributed by atoms with Gasteiger partial charge in [0.1, 0.15) is 34.7 Å². The van der Waals surface area contributed by atoms with Crippen LogP contribution in [0.15, 0.2) is 59.4 Å². The molecule has 1 amide bonds. The van der Waals surface area contributed by atoms with E-state index in [1.807, 2.05) is 0 Å². The molecule has 4 aromatic rings. The van der Waals surface area contributed by atoms with Crippen molar-refractivity contribution in [2.75, 3.05) is 5.32 Å². The van der Waals surface area contributed by atoms with Crippen molar-refractivity contribution in [3.05, 3.63) is 66.3 Å². The number of halogens is 1. The number of nitrogens with one attached hydrogen (secondary N) is 1. The van der Waals surface area contributed by atoms with E-state index in [1.165, 1.54) is 18.5 Å². The lowest BCUT2D eigenvalue weighted by Gasteiger charge is -2.08. The highest BCUT2D eigenvalue weighted by Gasteiger charge is 2.50. The molecule has 1 aliphatic carbocycles. The van der Waals surface area contributed by atoms with Gasteiger partial charge < -0.3 is 9.84 Å². The van der Waals surface area contributed by atoms with Gasteiger partial charge in [-0.25, -0.2) is 14.4 Å². The Balaban J connectivity index is 1.48. The Hall–Kier alpha value is -4.39. The molecule has 1 aromatic carbocycles. The molecule has 1 saturated carbocycles. The number of carbonyl (C=O) groups excluding carboxylic acids is 1. The highest BCUT2D eigenvalue weighted by Crippen LogP contribution is 2.45. The van der Waals surface area contributed by atoms with Gasteiger partial charge in [-0.15, -0.1) is 0 Å². The van der Waals surface area contributed by atoms with Crippen LogP contribution in [0, 0.1) is 22.6 Å². The number of nitrogens with zero attached hydrogens (tertiary/aromatic N) is 6. The number of anilines is 1. The molecule has 1 N–H and O–H groups in total.